The smallest absolute Gasteiger partial charge is 0.226 e. The summed E-state index contributed by atoms with van der Waals surface area (Å²) < 4.78 is 5.33. The molecule has 0 spiro atoms. The number of aromatic nitrogens is 1. The van der Waals surface area contributed by atoms with Gasteiger partial charge in [0.2, 0.25) is 5.89 Å². The maximum Gasteiger partial charge on any atom is 0.226 e. The summed E-state index contributed by atoms with van der Waals surface area (Å²) in [6, 6.07) is 6.73. The van der Waals surface area contributed by atoms with E-state index in [0.717, 1.165) is 5.56 Å². The highest BCUT2D eigenvalue weighted by Crippen LogP contribution is 2.22. The molecule has 0 saturated heterocycles. The van der Waals surface area contributed by atoms with Crippen LogP contribution in [0.15, 0.2) is 34.9 Å². The number of nitrogens with zero attached hydrogens (tertiary/aromatic N) is 1. The maximum absolute atomic E-state index is 9.24. The van der Waals surface area contributed by atoms with Gasteiger partial charge in [-0.3, -0.25) is 0 Å². The minimum atomic E-state index is 0.190. The quantitative estimate of drug-likeness (QED) is 0.752. The maximum atomic E-state index is 9.24. The lowest BCUT2D eigenvalue weighted by molar-refractivity contribution is 0.474. The van der Waals surface area contributed by atoms with Crippen LogP contribution >= 0.6 is 0 Å². The number of phenols is 1. The van der Waals surface area contributed by atoms with Crippen LogP contribution in [0.5, 0.6) is 5.75 Å². The van der Waals surface area contributed by atoms with E-state index in [2.05, 4.69) is 4.98 Å². The van der Waals surface area contributed by atoms with E-state index in [-0.39, 0.29) is 5.75 Å². The molecule has 0 radical (unpaired) electrons. The number of hydrogen-bond acceptors (Lipinski definition) is 4. The van der Waals surface area contributed by atoms with E-state index in [4.69, 9.17) is 10.2 Å². The van der Waals surface area contributed by atoms with E-state index in [9.17, 15) is 5.11 Å². The molecule has 0 bridgehead atoms. The number of benzene rings is 1. The van der Waals surface area contributed by atoms with Crippen molar-refractivity contribution in [2.24, 2.45) is 5.73 Å². The molecule has 2 rings (SSSR count). The lowest BCUT2D eigenvalue weighted by atomic mass is 10.2. The molecular formula is C10H10N2O2. The fourth-order valence-corrected chi connectivity index (χ4v) is 1.17. The Kier molecular flexibility index (Phi) is 2.20. The number of hydrogen-bond donors (Lipinski definition) is 2. The number of phenolic OH excluding ortho intramolecular Hbond substituents is 1. The fraction of sp³-hybridized carbons (Fsp3) is 0.100. The SMILES string of the molecule is NCc1cnc(-c2cccc(O)c2)o1. The van der Waals surface area contributed by atoms with E-state index in [1.54, 1.807) is 24.4 Å². The number of aromatic hydroxyl groups is 1. The predicted octanol–water partition coefficient (Wildman–Crippen LogP) is 1.51. The van der Waals surface area contributed by atoms with Gasteiger partial charge in [0.15, 0.2) is 0 Å². The summed E-state index contributed by atoms with van der Waals surface area (Å²) in [4.78, 5) is 4.04. The van der Waals surface area contributed by atoms with E-state index in [1.165, 1.54) is 0 Å². The first-order valence-corrected chi connectivity index (χ1v) is 4.24. The Hall–Kier alpha value is -1.81. The molecule has 1 heterocycles. The largest absolute Gasteiger partial charge is 0.508 e. The van der Waals surface area contributed by atoms with Gasteiger partial charge < -0.3 is 15.3 Å². The van der Waals surface area contributed by atoms with E-state index < -0.39 is 0 Å². The second-order valence-electron chi connectivity index (χ2n) is 2.89. The monoisotopic (exact) mass is 190 g/mol. The van der Waals surface area contributed by atoms with E-state index in [0.29, 0.717) is 18.2 Å². The first kappa shape index (κ1) is 8.77. The third kappa shape index (κ3) is 1.60. The predicted molar refractivity (Wildman–Crippen MR) is 51.5 cm³/mol. The second-order valence-corrected chi connectivity index (χ2v) is 2.89. The summed E-state index contributed by atoms with van der Waals surface area (Å²) in [5, 5.41) is 9.24. The molecule has 0 amide bonds. The molecule has 1 aromatic carbocycles. The van der Waals surface area contributed by atoms with Crippen LogP contribution in [0, 0.1) is 0 Å². The average Bonchev–Trinajstić information content (AvgIpc) is 2.66. The van der Waals surface area contributed by atoms with Crippen molar-refractivity contribution in [3.05, 3.63) is 36.2 Å². The Morgan fingerprint density at radius 3 is 2.93 bits per heavy atom. The first-order valence-electron chi connectivity index (χ1n) is 4.24. The molecule has 2 aromatic rings. The van der Waals surface area contributed by atoms with Crippen molar-refractivity contribution in [2.45, 2.75) is 6.54 Å². The van der Waals surface area contributed by atoms with Crippen LogP contribution in [-0.2, 0) is 6.54 Å². The summed E-state index contributed by atoms with van der Waals surface area (Å²) in [5.41, 5.74) is 6.13. The van der Waals surface area contributed by atoms with Crippen LogP contribution < -0.4 is 5.73 Å². The highest BCUT2D eigenvalue weighted by atomic mass is 16.4. The van der Waals surface area contributed by atoms with Gasteiger partial charge in [-0.2, -0.15) is 0 Å². The van der Waals surface area contributed by atoms with Gasteiger partial charge in [-0.1, -0.05) is 6.07 Å². The van der Waals surface area contributed by atoms with Gasteiger partial charge in [0, 0.05) is 5.56 Å². The minimum absolute atomic E-state index is 0.190. The van der Waals surface area contributed by atoms with Crippen molar-refractivity contribution in [2.75, 3.05) is 0 Å². The molecule has 3 N–H and O–H groups in total. The molecule has 0 aliphatic heterocycles. The van der Waals surface area contributed by atoms with E-state index >= 15 is 0 Å². The van der Waals surface area contributed by atoms with Crippen LogP contribution in [0.1, 0.15) is 5.76 Å². The van der Waals surface area contributed by atoms with Gasteiger partial charge >= 0.3 is 0 Å². The molecule has 0 unspecified atom stereocenters. The summed E-state index contributed by atoms with van der Waals surface area (Å²) in [7, 11) is 0. The van der Waals surface area contributed by atoms with Crippen LogP contribution in [0.2, 0.25) is 0 Å². The summed E-state index contributed by atoms with van der Waals surface area (Å²) in [6.07, 6.45) is 1.58. The Bertz CT molecular complexity index is 437. The third-order valence-corrected chi connectivity index (χ3v) is 1.85. The molecule has 0 fully saturated rings. The van der Waals surface area contributed by atoms with Gasteiger partial charge in [-0.25, -0.2) is 4.98 Å². The zero-order valence-electron chi connectivity index (χ0n) is 7.47. The molecule has 0 saturated carbocycles. The summed E-state index contributed by atoms with van der Waals surface area (Å²) in [5.74, 6) is 1.29. The Balaban J connectivity index is 2.39. The average molecular weight is 190 g/mol. The van der Waals surface area contributed by atoms with Gasteiger partial charge in [0.25, 0.3) is 0 Å². The summed E-state index contributed by atoms with van der Waals surface area (Å²) in [6.45, 7) is 0.325. The molecule has 4 heteroatoms. The third-order valence-electron chi connectivity index (χ3n) is 1.85. The molecule has 0 atom stereocenters. The standard InChI is InChI=1S/C10H10N2O2/c11-5-9-6-12-10(14-9)7-2-1-3-8(13)4-7/h1-4,6,13H,5,11H2. The number of rotatable bonds is 2. The fourth-order valence-electron chi connectivity index (χ4n) is 1.17. The van der Waals surface area contributed by atoms with Crippen molar-refractivity contribution in [3.8, 4) is 17.2 Å². The normalized spacial score (nSPS) is 10.4. The lowest BCUT2D eigenvalue weighted by Crippen LogP contribution is -1.92. The number of oxazole rings is 1. The van der Waals surface area contributed by atoms with Gasteiger partial charge in [0.1, 0.15) is 11.5 Å². The van der Waals surface area contributed by atoms with Crippen molar-refractivity contribution in [1.29, 1.82) is 0 Å². The van der Waals surface area contributed by atoms with Gasteiger partial charge in [-0.15, -0.1) is 0 Å². The topological polar surface area (TPSA) is 72.3 Å². The van der Waals surface area contributed by atoms with Crippen LogP contribution in [0.25, 0.3) is 11.5 Å². The second kappa shape index (κ2) is 3.51. The van der Waals surface area contributed by atoms with Crippen LogP contribution in [0.3, 0.4) is 0 Å². The first-order chi connectivity index (χ1) is 6.79. The zero-order valence-corrected chi connectivity index (χ0v) is 7.47. The van der Waals surface area contributed by atoms with Gasteiger partial charge in [-0.05, 0) is 18.2 Å². The Morgan fingerprint density at radius 2 is 2.29 bits per heavy atom. The molecule has 0 aliphatic carbocycles. The zero-order chi connectivity index (χ0) is 9.97. The minimum Gasteiger partial charge on any atom is -0.508 e. The number of nitrogens with two attached hydrogens (primary N) is 1. The molecule has 0 aliphatic rings. The molecule has 4 nitrogen and oxygen atoms in total. The van der Waals surface area contributed by atoms with Crippen LogP contribution in [0.4, 0.5) is 0 Å². The Labute approximate surface area is 81.0 Å². The highest BCUT2D eigenvalue weighted by Gasteiger charge is 2.05. The molecule has 72 valence electrons. The molecular weight excluding hydrogens is 180 g/mol. The summed E-state index contributed by atoms with van der Waals surface area (Å²) >= 11 is 0. The molecule has 14 heavy (non-hydrogen) atoms. The van der Waals surface area contributed by atoms with Crippen LogP contribution in [-0.4, -0.2) is 10.1 Å². The molecule has 1 aromatic heterocycles. The van der Waals surface area contributed by atoms with E-state index in [1.807, 2.05) is 6.07 Å². The Morgan fingerprint density at radius 1 is 1.43 bits per heavy atom. The highest BCUT2D eigenvalue weighted by molar-refractivity contribution is 5.55. The van der Waals surface area contributed by atoms with Crippen molar-refractivity contribution >= 4 is 0 Å². The van der Waals surface area contributed by atoms with Crippen molar-refractivity contribution < 1.29 is 9.52 Å². The van der Waals surface area contributed by atoms with Crippen molar-refractivity contribution in [1.82, 2.24) is 4.98 Å². The van der Waals surface area contributed by atoms with Crippen molar-refractivity contribution in [3.63, 3.8) is 0 Å². The lowest BCUT2D eigenvalue weighted by Gasteiger charge is -1.95. The van der Waals surface area contributed by atoms with Gasteiger partial charge in [0.05, 0.1) is 12.7 Å².